The van der Waals surface area contributed by atoms with E-state index in [4.69, 9.17) is 0 Å². The van der Waals surface area contributed by atoms with Gasteiger partial charge >= 0.3 is 5.97 Å². The summed E-state index contributed by atoms with van der Waals surface area (Å²) in [6.07, 6.45) is 6.99. The van der Waals surface area contributed by atoms with Crippen molar-refractivity contribution in [2.75, 3.05) is 7.11 Å². The highest BCUT2D eigenvalue weighted by atomic mass is 16.5. The smallest absolute Gasteiger partial charge is 0.305 e. The van der Waals surface area contributed by atoms with Gasteiger partial charge in [0.1, 0.15) is 0 Å². The highest BCUT2D eigenvalue weighted by molar-refractivity contribution is 5.68. The Labute approximate surface area is 84.1 Å². The van der Waals surface area contributed by atoms with Gasteiger partial charge in [-0.3, -0.25) is 9.78 Å². The van der Waals surface area contributed by atoms with E-state index in [2.05, 4.69) is 9.72 Å². The summed E-state index contributed by atoms with van der Waals surface area (Å²) < 4.78 is 4.55. The topological polar surface area (TPSA) is 39.2 Å². The van der Waals surface area contributed by atoms with Crippen LogP contribution in [0, 0.1) is 0 Å². The second kappa shape index (κ2) is 6.13. The number of ether oxygens (including phenoxy) is 1. The van der Waals surface area contributed by atoms with E-state index in [0.29, 0.717) is 6.42 Å². The summed E-state index contributed by atoms with van der Waals surface area (Å²) >= 11 is 0. The van der Waals surface area contributed by atoms with Crippen molar-refractivity contribution in [2.45, 2.75) is 25.7 Å². The SMILES string of the molecule is COC(=O)CCCCc1ccncc1. The van der Waals surface area contributed by atoms with Crippen molar-refractivity contribution >= 4 is 5.97 Å². The molecule has 0 fully saturated rings. The molecule has 0 saturated heterocycles. The normalized spacial score (nSPS) is 9.79. The Balaban J connectivity index is 2.13. The van der Waals surface area contributed by atoms with E-state index in [1.165, 1.54) is 12.7 Å². The molecule has 0 aliphatic heterocycles. The van der Waals surface area contributed by atoms with Gasteiger partial charge in [-0.2, -0.15) is 0 Å². The molecule has 0 aliphatic rings. The molecule has 14 heavy (non-hydrogen) atoms. The number of hydrogen-bond acceptors (Lipinski definition) is 3. The predicted octanol–water partition coefficient (Wildman–Crippen LogP) is 1.97. The number of carbonyl (C=O) groups excluding carboxylic acids is 1. The Kier molecular flexibility index (Phi) is 4.69. The lowest BCUT2D eigenvalue weighted by atomic mass is 10.1. The lowest BCUT2D eigenvalue weighted by Crippen LogP contribution is -1.99. The quantitative estimate of drug-likeness (QED) is 0.530. The summed E-state index contributed by atoms with van der Waals surface area (Å²) in [5.41, 5.74) is 1.27. The number of nitrogens with zero attached hydrogens (tertiary/aromatic N) is 1. The molecule has 0 aromatic carbocycles. The van der Waals surface area contributed by atoms with Gasteiger partial charge in [0.05, 0.1) is 7.11 Å². The van der Waals surface area contributed by atoms with Crippen molar-refractivity contribution in [1.82, 2.24) is 4.98 Å². The minimum absolute atomic E-state index is 0.125. The first-order valence-corrected chi connectivity index (χ1v) is 4.78. The molecule has 0 N–H and O–H groups in total. The van der Waals surface area contributed by atoms with Gasteiger partial charge in [-0.1, -0.05) is 0 Å². The molecule has 0 atom stereocenters. The van der Waals surface area contributed by atoms with E-state index >= 15 is 0 Å². The fourth-order valence-corrected chi connectivity index (χ4v) is 1.25. The first-order valence-electron chi connectivity index (χ1n) is 4.78. The Morgan fingerprint density at radius 2 is 2.07 bits per heavy atom. The van der Waals surface area contributed by atoms with Crippen LogP contribution in [0.2, 0.25) is 0 Å². The molecule has 0 bridgehead atoms. The number of aromatic nitrogens is 1. The second-order valence-electron chi connectivity index (χ2n) is 3.14. The number of aryl methyl sites for hydroxylation is 1. The molecule has 76 valence electrons. The van der Waals surface area contributed by atoms with Crippen LogP contribution in [-0.4, -0.2) is 18.1 Å². The molecular weight excluding hydrogens is 178 g/mol. The first kappa shape index (κ1) is 10.7. The Morgan fingerprint density at radius 1 is 1.36 bits per heavy atom. The molecule has 3 heteroatoms. The summed E-state index contributed by atoms with van der Waals surface area (Å²) in [4.78, 5) is 14.7. The van der Waals surface area contributed by atoms with Crippen LogP contribution < -0.4 is 0 Å². The lowest BCUT2D eigenvalue weighted by Gasteiger charge is -2.00. The Hall–Kier alpha value is -1.38. The summed E-state index contributed by atoms with van der Waals surface area (Å²) in [7, 11) is 1.42. The van der Waals surface area contributed by atoms with Crippen LogP contribution in [0.4, 0.5) is 0 Å². The van der Waals surface area contributed by atoms with E-state index in [1.807, 2.05) is 12.1 Å². The molecule has 1 aromatic heterocycles. The van der Waals surface area contributed by atoms with Gasteiger partial charge in [0.15, 0.2) is 0 Å². The Bertz CT molecular complexity index is 272. The van der Waals surface area contributed by atoms with Crippen molar-refractivity contribution < 1.29 is 9.53 Å². The molecule has 0 saturated carbocycles. The third kappa shape index (κ3) is 4.03. The van der Waals surface area contributed by atoms with Gasteiger partial charge in [-0.05, 0) is 37.0 Å². The molecule has 1 heterocycles. The maximum Gasteiger partial charge on any atom is 0.305 e. The van der Waals surface area contributed by atoms with Crippen molar-refractivity contribution in [3.8, 4) is 0 Å². The number of esters is 1. The lowest BCUT2D eigenvalue weighted by molar-refractivity contribution is -0.140. The Morgan fingerprint density at radius 3 is 2.71 bits per heavy atom. The van der Waals surface area contributed by atoms with E-state index < -0.39 is 0 Å². The minimum Gasteiger partial charge on any atom is -0.469 e. The molecule has 3 nitrogen and oxygen atoms in total. The zero-order valence-corrected chi connectivity index (χ0v) is 8.40. The monoisotopic (exact) mass is 193 g/mol. The van der Waals surface area contributed by atoms with Gasteiger partial charge < -0.3 is 4.74 Å². The van der Waals surface area contributed by atoms with Crippen LogP contribution in [0.3, 0.4) is 0 Å². The van der Waals surface area contributed by atoms with Crippen LogP contribution in [0.5, 0.6) is 0 Å². The van der Waals surface area contributed by atoms with Gasteiger partial charge in [0.25, 0.3) is 0 Å². The van der Waals surface area contributed by atoms with E-state index in [9.17, 15) is 4.79 Å². The van der Waals surface area contributed by atoms with E-state index in [-0.39, 0.29) is 5.97 Å². The van der Waals surface area contributed by atoms with Crippen LogP contribution >= 0.6 is 0 Å². The summed E-state index contributed by atoms with van der Waals surface area (Å²) in [5.74, 6) is -0.125. The highest BCUT2D eigenvalue weighted by Crippen LogP contribution is 2.05. The van der Waals surface area contributed by atoms with Crippen LogP contribution in [0.25, 0.3) is 0 Å². The third-order valence-corrected chi connectivity index (χ3v) is 2.07. The molecule has 1 rings (SSSR count). The van der Waals surface area contributed by atoms with Gasteiger partial charge in [-0.25, -0.2) is 0 Å². The van der Waals surface area contributed by atoms with Gasteiger partial charge in [-0.15, -0.1) is 0 Å². The van der Waals surface area contributed by atoms with Crippen LogP contribution in [-0.2, 0) is 16.0 Å². The standard InChI is InChI=1S/C11H15NO2/c1-14-11(13)5-3-2-4-10-6-8-12-9-7-10/h6-9H,2-5H2,1H3. The molecule has 0 unspecified atom stereocenters. The summed E-state index contributed by atoms with van der Waals surface area (Å²) in [6.45, 7) is 0. The van der Waals surface area contributed by atoms with Crippen molar-refractivity contribution in [2.24, 2.45) is 0 Å². The highest BCUT2D eigenvalue weighted by Gasteiger charge is 1.99. The molecular formula is C11H15NO2. The molecule has 0 aliphatic carbocycles. The zero-order chi connectivity index (χ0) is 10.2. The fraction of sp³-hybridized carbons (Fsp3) is 0.455. The fourth-order valence-electron chi connectivity index (χ4n) is 1.25. The molecule has 1 aromatic rings. The number of carbonyl (C=O) groups is 1. The maximum atomic E-state index is 10.8. The average Bonchev–Trinajstić information content (AvgIpc) is 2.25. The van der Waals surface area contributed by atoms with E-state index in [1.54, 1.807) is 12.4 Å². The number of methoxy groups -OCH3 is 1. The van der Waals surface area contributed by atoms with Crippen LogP contribution in [0.15, 0.2) is 24.5 Å². The number of unbranched alkanes of at least 4 members (excludes halogenated alkanes) is 1. The number of hydrogen-bond donors (Lipinski definition) is 0. The van der Waals surface area contributed by atoms with Gasteiger partial charge in [0.2, 0.25) is 0 Å². The van der Waals surface area contributed by atoms with Crippen molar-refractivity contribution in [3.05, 3.63) is 30.1 Å². The zero-order valence-electron chi connectivity index (χ0n) is 8.40. The van der Waals surface area contributed by atoms with Crippen molar-refractivity contribution in [1.29, 1.82) is 0 Å². The summed E-state index contributed by atoms with van der Waals surface area (Å²) in [5, 5.41) is 0. The summed E-state index contributed by atoms with van der Waals surface area (Å²) in [6, 6.07) is 4.00. The average molecular weight is 193 g/mol. The van der Waals surface area contributed by atoms with Crippen molar-refractivity contribution in [3.63, 3.8) is 0 Å². The molecule has 0 radical (unpaired) electrons. The maximum absolute atomic E-state index is 10.8. The molecule has 0 amide bonds. The number of pyridine rings is 1. The third-order valence-electron chi connectivity index (χ3n) is 2.07. The largest absolute Gasteiger partial charge is 0.469 e. The first-order chi connectivity index (χ1) is 6.83. The van der Waals surface area contributed by atoms with Crippen LogP contribution in [0.1, 0.15) is 24.8 Å². The minimum atomic E-state index is -0.125. The molecule has 0 spiro atoms. The second-order valence-corrected chi connectivity index (χ2v) is 3.14. The number of rotatable bonds is 5. The predicted molar refractivity (Wildman–Crippen MR) is 53.8 cm³/mol. The van der Waals surface area contributed by atoms with Gasteiger partial charge in [0, 0.05) is 18.8 Å². The van der Waals surface area contributed by atoms with E-state index in [0.717, 1.165) is 19.3 Å².